The fourth-order valence-electron chi connectivity index (χ4n) is 3.33. The van der Waals surface area contributed by atoms with E-state index >= 15 is 0 Å². The van der Waals surface area contributed by atoms with Crippen molar-refractivity contribution in [2.24, 2.45) is 0 Å². The molecule has 0 atom stereocenters. The third kappa shape index (κ3) is 3.45. The van der Waals surface area contributed by atoms with Crippen LogP contribution in [0.3, 0.4) is 0 Å². The molecule has 0 spiro atoms. The number of fused-ring (bicyclic) bond motifs is 1. The summed E-state index contributed by atoms with van der Waals surface area (Å²) in [6.07, 6.45) is 2.52. The van der Waals surface area contributed by atoms with Crippen molar-refractivity contribution in [3.8, 4) is 0 Å². The quantitative estimate of drug-likeness (QED) is 0.847. The van der Waals surface area contributed by atoms with Gasteiger partial charge in [0.25, 0.3) is 0 Å². The number of para-hydroxylation sites is 1. The third-order valence-corrected chi connectivity index (χ3v) is 4.85. The first kappa shape index (κ1) is 16.6. The molecule has 1 aromatic carbocycles. The van der Waals surface area contributed by atoms with Crippen LogP contribution >= 0.6 is 0 Å². The highest BCUT2D eigenvalue weighted by Gasteiger charge is 2.22. The second kappa shape index (κ2) is 7.07. The Balaban J connectivity index is 1.60. The molecule has 3 rings (SSSR count). The molecule has 5 heteroatoms. The number of rotatable bonds is 5. The molecule has 0 N–H and O–H groups in total. The number of carbonyl (C=O) groups is 2. The van der Waals surface area contributed by atoms with E-state index in [2.05, 4.69) is 29.7 Å². The molecule has 5 nitrogen and oxygen atoms in total. The van der Waals surface area contributed by atoms with Crippen LogP contribution in [0.15, 0.2) is 30.3 Å². The van der Waals surface area contributed by atoms with E-state index in [9.17, 15) is 9.59 Å². The minimum atomic E-state index is 0.0133. The standard InChI is InChI=1S/C19H25N3O2/c1-15-13-16-7-3-4-8-17(16)22(15)12-11-20(2)19(24)14-21-10-6-5-9-18(21)23/h3-4,7-8,13H,5-6,9-12,14H2,1-2H3. The van der Waals surface area contributed by atoms with Crippen LogP contribution < -0.4 is 0 Å². The zero-order valence-electron chi connectivity index (χ0n) is 14.5. The number of likely N-dealkylation sites (N-methyl/N-ethyl adjacent to an activating group) is 1. The molecule has 1 aliphatic rings. The Hall–Kier alpha value is -2.30. The molecule has 0 radical (unpaired) electrons. The van der Waals surface area contributed by atoms with Crippen LogP contribution in [0.25, 0.3) is 10.9 Å². The van der Waals surface area contributed by atoms with Gasteiger partial charge in [-0.3, -0.25) is 9.59 Å². The van der Waals surface area contributed by atoms with Gasteiger partial charge in [0.15, 0.2) is 0 Å². The van der Waals surface area contributed by atoms with Crippen LogP contribution in [-0.4, -0.2) is 52.9 Å². The summed E-state index contributed by atoms with van der Waals surface area (Å²) in [6, 6.07) is 10.5. The summed E-state index contributed by atoms with van der Waals surface area (Å²) in [5.74, 6) is 0.120. The maximum atomic E-state index is 12.4. The Labute approximate surface area is 142 Å². The highest BCUT2D eigenvalue weighted by molar-refractivity contribution is 5.85. The van der Waals surface area contributed by atoms with E-state index in [1.165, 1.54) is 16.6 Å². The Morgan fingerprint density at radius 3 is 2.83 bits per heavy atom. The van der Waals surface area contributed by atoms with E-state index in [0.717, 1.165) is 19.4 Å². The van der Waals surface area contributed by atoms with Gasteiger partial charge in [0, 0.05) is 44.3 Å². The number of amides is 2. The normalized spacial score (nSPS) is 15.1. The lowest BCUT2D eigenvalue weighted by Crippen LogP contribution is -2.44. The van der Waals surface area contributed by atoms with E-state index < -0.39 is 0 Å². The van der Waals surface area contributed by atoms with Gasteiger partial charge in [0.2, 0.25) is 11.8 Å². The molecule has 2 aromatic rings. The largest absolute Gasteiger partial charge is 0.343 e. The zero-order valence-corrected chi connectivity index (χ0v) is 14.5. The maximum absolute atomic E-state index is 12.4. The summed E-state index contributed by atoms with van der Waals surface area (Å²) in [5, 5.41) is 1.22. The molecule has 2 heterocycles. The third-order valence-electron chi connectivity index (χ3n) is 4.85. The van der Waals surface area contributed by atoms with Crippen molar-refractivity contribution in [1.29, 1.82) is 0 Å². The number of carbonyl (C=O) groups excluding carboxylic acids is 2. The van der Waals surface area contributed by atoms with Crippen molar-refractivity contribution in [2.75, 3.05) is 26.7 Å². The molecule has 1 aromatic heterocycles. The van der Waals surface area contributed by atoms with Gasteiger partial charge in [0.1, 0.15) is 0 Å². The summed E-state index contributed by atoms with van der Waals surface area (Å²) >= 11 is 0. The Morgan fingerprint density at radius 2 is 2.04 bits per heavy atom. The zero-order chi connectivity index (χ0) is 17.1. The van der Waals surface area contributed by atoms with Crippen molar-refractivity contribution in [1.82, 2.24) is 14.4 Å². The lowest BCUT2D eigenvalue weighted by atomic mass is 10.1. The number of likely N-dealkylation sites (tertiary alicyclic amines) is 1. The molecule has 1 aliphatic heterocycles. The van der Waals surface area contributed by atoms with Crippen LogP contribution in [0, 0.1) is 6.92 Å². The molecule has 1 fully saturated rings. The molecule has 1 saturated heterocycles. The molecule has 0 saturated carbocycles. The second-order valence-electron chi connectivity index (χ2n) is 6.58. The SMILES string of the molecule is Cc1cc2ccccc2n1CCN(C)C(=O)CN1CCCCC1=O. The average molecular weight is 327 g/mol. The van der Waals surface area contributed by atoms with E-state index in [1.54, 1.807) is 9.80 Å². The molecule has 2 amide bonds. The summed E-state index contributed by atoms with van der Waals surface area (Å²) in [6.45, 7) is 4.41. The number of piperidine rings is 1. The van der Waals surface area contributed by atoms with Gasteiger partial charge in [-0.2, -0.15) is 0 Å². The van der Waals surface area contributed by atoms with Gasteiger partial charge < -0.3 is 14.4 Å². The smallest absolute Gasteiger partial charge is 0.241 e. The Morgan fingerprint density at radius 1 is 1.25 bits per heavy atom. The minimum absolute atomic E-state index is 0.0133. The van der Waals surface area contributed by atoms with E-state index in [4.69, 9.17) is 0 Å². The molecule has 24 heavy (non-hydrogen) atoms. The molecular weight excluding hydrogens is 302 g/mol. The minimum Gasteiger partial charge on any atom is -0.343 e. The number of benzene rings is 1. The van der Waals surface area contributed by atoms with Gasteiger partial charge in [-0.15, -0.1) is 0 Å². The second-order valence-corrected chi connectivity index (χ2v) is 6.58. The summed E-state index contributed by atoms with van der Waals surface area (Å²) in [7, 11) is 1.82. The van der Waals surface area contributed by atoms with Crippen LogP contribution in [0.4, 0.5) is 0 Å². The van der Waals surface area contributed by atoms with Crippen LogP contribution in [0.2, 0.25) is 0 Å². The Kier molecular flexibility index (Phi) is 4.88. The maximum Gasteiger partial charge on any atom is 0.241 e. The Bertz CT molecular complexity index is 750. The number of aromatic nitrogens is 1. The topological polar surface area (TPSA) is 45.6 Å². The van der Waals surface area contributed by atoms with E-state index in [1.807, 2.05) is 19.2 Å². The first-order valence-corrected chi connectivity index (χ1v) is 8.63. The molecule has 128 valence electrons. The van der Waals surface area contributed by atoms with Crippen LogP contribution in [0.1, 0.15) is 25.0 Å². The van der Waals surface area contributed by atoms with Gasteiger partial charge in [-0.1, -0.05) is 18.2 Å². The first-order valence-electron chi connectivity index (χ1n) is 8.63. The van der Waals surface area contributed by atoms with Crippen LogP contribution in [-0.2, 0) is 16.1 Å². The monoisotopic (exact) mass is 327 g/mol. The first-order chi connectivity index (χ1) is 11.6. The molecule has 0 aliphatic carbocycles. The lowest BCUT2D eigenvalue weighted by Gasteiger charge is -2.28. The average Bonchev–Trinajstić information content (AvgIpc) is 2.90. The van der Waals surface area contributed by atoms with Crippen molar-refractivity contribution in [3.05, 3.63) is 36.0 Å². The predicted octanol–water partition coefficient (Wildman–Crippen LogP) is 2.42. The summed E-state index contributed by atoms with van der Waals surface area (Å²) in [4.78, 5) is 27.7. The van der Waals surface area contributed by atoms with E-state index in [0.29, 0.717) is 19.5 Å². The van der Waals surface area contributed by atoms with Crippen LogP contribution in [0.5, 0.6) is 0 Å². The molecule has 0 unspecified atom stereocenters. The predicted molar refractivity (Wildman–Crippen MR) is 94.7 cm³/mol. The summed E-state index contributed by atoms with van der Waals surface area (Å²) in [5.41, 5.74) is 2.39. The van der Waals surface area contributed by atoms with E-state index in [-0.39, 0.29) is 18.4 Å². The number of nitrogens with zero attached hydrogens (tertiary/aromatic N) is 3. The van der Waals surface area contributed by atoms with Crippen molar-refractivity contribution >= 4 is 22.7 Å². The highest BCUT2D eigenvalue weighted by Crippen LogP contribution is 2.19. The fraction of sp³-hybridized carbons (Fsp3) is 0.474. The molecular formula is C19H25N3O2. The lowest BCUT2D eigenvalue weighted by molar-refractivity contribution is -0.141. The van der Waals surface area contributed by atoms with Gasteiger partial charge in [0.05, 0.1) is 6.54 Å². The van der Waals surface area contributed by atoms with Crippen molar-refractivity contribution in [2.45, 2.75) is 32.7 Å². The van der Waals surface area contributed by atoms with Crippen molar-refractivity contribution < 1.29 is 9.59 Å². The number of hydrogen-bond acceptors (Lipinski definition) is 2. The number of hydrogen-bond donors (Lipinski definition) is 0. The number of aryl methyl sites for hydroxylation is 1. The van der Waals surface area contributed by atoms with Gasteiger partial charge in [-0.05, 0) is 37.3 Å². The highest BCUT2D eigenvalue weighted by atomic mass is 16.2. The molecule has 0 bridgehead atoms. The van der Waals surface area contributed by atoms with Gasteiger partial charge in [-0.25, -0.2) is 0 Å². The summed E-state index contributed by atoms with van der Waals surface area (Å²) < 4.78 is 2.24. The van der Waals surface area contributed by atoms with Gasteiger partial charge >= 0.3 is 0 Å². The van der Waals surface area contributed by atoms with Crippen molar-refractivity contribution in [3.63, 3.8) is 0 Å². The fourth-order valence-corrected chi connectivity index (χ4v) is 3.33.